The van der Waals surface area contributed by atoms with E-state index in [1.165, 1.54) is 6.20 Å². The van der Waals surface area contributed by atoms with Crippen LogP contribution in [0.4, 0.5) is 10.2 Å². The summed E-state index contributed by atoms with van der Waals surface area (Å²) in [4.78, 5) is 28.4. The molecule has 8 nitrogen and oxygen atoms in total. The second kappa shape index (κ2) is 5.72. The van der Waals surface area contributed by atoms with E-state index in [2.05, 4.69) is 32.2 Å². The van der Waals surface area contributed by atoms with Crippen molar-refractivity contribution in [2.45, 2.75) is 38.6 Å². The van der Waals surface area contributed by atoms with E-state index >= 15 is 0 Å². The van der Waals surface area contributed by atoms with Crippen molar-refractivity contribution < 1.29 is 13.6 Å². The fourth-order valence-corrected chi connectivity index (χ4v) is 2.81. The number of nitrogens with two attached hydrogens (primary N) is 1. The van der Waals surface area contributed by atoms with Gasteiger partial charge in [0.25, 0.3) is 5.91 Å². The molecule has 0 unspecified atom stereocenters. The minimum atomic E-state index is -0.651. The maximum Gasteiger partial charge on any atom is 0.253 e. The number of nitrogens with zero attached hydrogens (tertiary/aromatic N) is 4. The van der Waals surface area contributed by atoms with Crippen LogP contribution in [0.25, 0.3) is 11.1 Å². The molecule has 3 aromatic heterocycles. The van der Waals surface area contributed by atoms with Gasteiger partial charge in [0.15, 0.2) is 0 Å². The van der Waals surface area contributed by atoms with E-state index in [4.69, 9.17) is 10.2 Å². The van der Waals surface area contributed by atoms with Crippen molar-refractivity contribution in [1.29, 1.82) is 0 Å². The van der Waals surface area contributed by atoms with Crippen LogP contribution in [0.1, 0.15) is 47.4 Å². The summed E-state index contributed by atoms with van der Waals surface area (Å²) < 4.78 is 18.6. The van der Waals surface area contributed by atoms with Gasteiger partial charge < -0.3 is 15.5 Å². The molecule has 0 saturated heterocycles. The van der Waals surface area contributed by atoms with Gasteiger partial charge in [-0.25, -0.2) is 9.97 Å². The lowest BCUT2D eigenvalue weighted by Crippen LogP contribution is -2.19. The van der Waals surface area contributed by atoms with Crippen LogP contribution < -0.4 is 11.1 Å². The van der Waals surface area contributed by atoms with E-state index < -0.39 is 11.9 Å². The van der Waals surface area contributed by atoms with E-state index in [0.717, 1.165) is 19.0 Å². The molecule has 134 valence electrons. The van der Waals surface area contributed by atoms with E-state index in [1.54, 1.807) is 6.92 Å². The Morgan fingerprint density at radius 1 is 1.35 bits per heavy atom. The minimum absolute atomic E-state index is 0.0751. The van der Waals surface area contributed by atoms with Crippen molar-refractivity contribution >= 4 is 22.8 Å². The minimum Gasteiger partial charge on any atom is -0.442 e. The second-order valence-electron chi connectivity index (χ2n) is 6.76. The second-order valence-corrected chi connectivity index (χ2v) is 6.76. The summed E-state index contributed by atoms with van der Waals surface area (Å²) in [5.74, 6) is 0.0815. The van der Waals surface area contributed by atoms with Crippen molar-refractivity contribution in [1.82, 2.24) is 19.9 Å². The van der Waals surface area contributed by atoms with Gasteiger partial charge in [-0.3, -0.25) is 9.78 Å². The van der Waals surface area contributed by atoms with Gasteiger partial charge in [-0.05, 0) is 26.7 Å². The Labute approximate surface area is 148 Å². The lowest BCUT2D eigenvalue weighted by molar-refractivity contribution is 0.1000. The Morgan fingerprint density at radius 2 is 2.12 bits per heavy atom. The Morgan fingerprint density at radius 3 is 2.73 bits per heavy atom. The lowest BCUT2D eigenvalue weighted by atomic mass is 10.1. The molecule has 3 N–H and O–H groups in total. The Hall–Kier alpha value is -3.10. The molecule has 1 amide bonds. The quantitative estimate of drug-likeness (QED) is 0.718. The number of furan rings is 1. The smallest absolute Gasteiger partial charge is 0.253 e. The summed E-state index contributed by atoms with van der Waals surface area (Å²) in [6.45, 7) is 3.73. The van der Waals surface area contributed by atoms with Gasteiger partial charge in [0.1, 0.15) is 17.4 Å². The monoisotopic (exact) mass is 356 g/mol. The molecule has 3 heterocycles. The average Bonchev–Trinajstić information content (AvgIpc) is 3.18. The summed E-state index contributed by atoms with van der Waals surface area (Å²) in [6.07, 6.45) is 4.63. The summed E-state index contributed by atoms with van der Waals surface area (Å²) in [7, 11) is 0. The van der Waals surface area contributed by atoms with Gasteiger partial charge in [0, 0.05) is 5.54 Å². The number of fused-ring (bicyclic) bond motifs is 1. The van der Waals surface area contributed by atoms with Gasteiger partial charge in [-0.2, -0.15) is 9.37 Å². The molecule has 0 spiro atoms. The number of carbonyl (C=O) groups is 1. The van der Waals surface area contributed by atoms with Crippen LogP contribution in [0.2, 0.25) is 0 Å². The van der Waals surface area contributed by atoms with Crippen LogP contribution >= 0.6 is 0 Å². The van der Waals surface area contributed by atoms with E-state index in [-0.39, 0.29) is 23.2 Å². The zero-order valence-corrected chi connectivity index (χ0v) is 14.3. The van der Waals surface area contributed by atoms with Crippen LogP contribution in [0.3, 0.4) is 0 Å². The number of hydrogen-bond donors (Lipinski definition) is 2. The summed E-state index contributed by atoms with van der Waals surface area (Å²) in [5.41, 5.74) is 6.52. The Kier molecular flexibility index (Phi) is 3.60. The average molecular weight is 356 g/mol. The zero-order chi connectivity index (χ0) is 18.5. The van der Waals surface area contributed by atoms with Crippen LogP contribution in [-0.2, 0) is 6.42 Å². The Balaban J connectivity index is 1.82. The summed E-state index contributed by atoms with van der Waals surface area (Å²) >= 11 is 0. The fourth-order valence-electron chi connectivity index (χ4n) is 2.81. The zero-order valence-electron chi connectivity index (χ0n) is 14.3. The molecular weight excluding hydrogens is 339 g/mol. The number of amides is 1. The van der Waals surface area contributed by atoms with Crippen LogP contribution in [0.5, 0.6) is 0 Å². The topological polar surface area (TPSA) is 120 Å². The largest absolute Gasteiger partial charge is 0.442 e. The number of aromatic nitrogens is 4. The number of anilines is 1. The first-order chi connectivity index (χ1) is 12.3. The summed E-state index contributed by atoms with van der Waals surface area (Å²) in [5, 5.41) is 3.85. The van der Waals surface area contributed by atoms with Gasteiger partial charge in [-0.1, -0.05) is 0 Å². The van der Waals surface area contributed by atoms with Gasteiger partial charge in [0.05, 0.1) is 35.5 Å². The molecule has 1 fully saturated rings. The highest BCUT2D eigenvalue weighted by molar-refractivity contribution is 6.09. The maximum absolute atomic E-state index is 12.9. The number of carbonyl (C=O) groups excluding carboxylic acids is 1. The standard InChI is InChI=1S/C17H17FN6O2/c1-8-12(14(19)25)13-15(24-17(2)3-4-17)22-11(23-16(13)26-8)5-9-6-21-10(18)7-20-9/h6-7H,3-5H2,1-2H3,(H2,19,25)(H,22,23,24). The highest BCUT2D eigenvalue weighted by Crippen LogP contribution is 2.40. The molecule has 0 atom stereocenters. The molecule has 1 aliphatic rings. The Bertz CT molecular complexity index is 1010. The molecule has 9 heteroatoms. The van der Waals surface area contributed by atoms with Gasteiger partial charge in [0.2, 0.25) is 11.7 Å². The molecule has 0 radical (unpaired) electrons. The van der Waals surface area contributed by atoms with Crippen LogP contribution in [0.15, 0.2) is 16.8 Å². The third-order valence-electron chi connectivity index (χ3n) is 4.45. The molecule has 0 bridgehead atoms. The third kappa shape index (κ3) is 2.96. The van der Waals surface area contributed by atoms with Crippen LogP contribution in [0, 0.1) is 12.9 Å². The van der Waals surface area contributed by atoms with E-state index in [1.807, 2.05) is 0 Å². The molecule has 4 rings (SSSR count). The molecule has 1 saturated carbocycles. The molecule has 3 aromatic rings. The van der Waals surface area contributed by atoms with Crippen LogP contribution in [-0.4, -0.2) is 31.4 Å². The molecule has 0 aromatic carbocycles. The first-order valence-corrected chi connectivity index (χ1v) is 8.19. The predicted octanol–water partition coefficient (Wildman–Crippen LogP) is 2.11. The fraction of sp³-hybridized carbons (Fsp3) is 0.353. The first kappa shape index (κ1) is 16.4. The normalized spacial score (nSPS) is 15.2. The van der Waals surface area contributed by atoms with Crippen molar-refractivity contribution in [3.63, 3.8) is 0 Å². The van der Waals surface area contributed by atoms with Crippen molar-refractivity contribution in [2.75, 3.05) is 5.32 Å². The number of primary amides is 1. The van der Waals surface area contributed by atoms with E-state index in [0.29, 0.717) is 28.5 Å². The van der Waals surface area contributed by atoms with Crippen molar-refractivity contribution in [2.24, 2.45) is 5.73 Å². The van der Waals surface area contributed by atoms with Gasteiger partial charge in [-0.15, -0.1) is 0 Å². The highest BCUT2D eigenvalue weighted by atomic mass is 19.1. The number of halogens is 1. The van der Waals surface area contributed by atoms with Crippen molar-refractivity contribution in [3.8, 4) is 0 Å². The van der Waals surface area contributed by atoms with Gasteiger partial charge >= 0.3 is 0 Å². The molecule has 1 aliphatic carbocycles. The predicted molar refractivity (Wildman–Crippen MR) is 91.1 cm³/mol. The molecule has 0 aliphatic heterocycles. The number of hydrogen-bond acceptors (Lipinski definition) is 7. The lowest BCUT2D eigenvalue weighted by Gasteiger charge is -2.14. The number of nitrogens with one attached hydrogen (secondary N) is 1. The number of rotatable bonds is 5. The van der Waals surface area contributed by atoms with E-state index in [9.17, 15) is 9.18 Å². The number of aryl methyl sites for hydroxylation is 1. The molecular formula is C17H17FN6O2. The first-order valence-electron chi connectivity index (χ1n) is 8.19. The SMILES string of the molecule is Cc1oc2nc(Cc3cnc(F)cn3)nc(NC3(C)CC3)c2c1C(N)=O. The van der Waals surface area contributed by atoms with Crippen molar-refractivity contribution in [3.05, 3.63) is 41.2 Å². The maximum atomic E-state index is 12.9. The summed E-state index contributed by atoms with van der Waals surface area (Å²) in [6, 6.07) is 0. The third-order valence-corrected chi connectivity index (χ3v) is 4.45. The highest BCUT2D eigenvalue weighted by Gasteiger charge is 2.38. The molecule has 26 heavy (non-hydrogen) atoms.